The van der Waals surface area contributed by atoms with Crippen molar-refractivity contribution in [3.05, 3.63) is 20.8 Å². The average Bonchev–Trinajstić information content (AvgIpc) is 3.09. The lowest BCUT2D eigenvalue weighted by molar-refractivity contribution is 0.0940. The van der Waals surface area contributed by atoms with Crippen molar-refractivity contribution < 1.29 is 4.79 Å². The third-order valence-corrected chi connectivity index (χ3v) is 6.03. The summed E-state index contributed by atoms with van der Waals surface area (Å²) in [7, 11) is 0. The second-order valence-corrected chi connectivity index (χ2v) is 8.26. The molecule has 2 aliphatic heterocycles. The summed E-state index contributed by atoms with van der Waals surface area (Å²) in [6, 6.07) is 4.56. The number of halogens is 1. The molecule has 0 amide bonds. The normalized spacial score (nSPS) is 25.1. The van der Waals surface area contributed by atoms with Crippen molar-refractivity contribution in [3.63, 3.8) is 0 Å². The van der Waals surface area contributed by atoms with Gasteiger partial charge in [-0.1, -0.05) is 6.42 Å². The highest BCUT2D eigenvalue weighted by Crippen LogP contribution is 2.24. The van der Waals surface area contributed by atoms with Gasteiger partial charge < -0.3 is 0 Å². The van der Waals surface area contributed by atoms with E-state index in [1.165, 1.54) is 50.1 Å². The molecule has 0 aliphatic carbocycles. The highest BCUT2D eigenvalue weighted by molar-refractivity contribution is 9.11. The maximum atomic E-state index is 12.2. The predicted molar refractivity (Wildman–Crippen MR) is 86.6 cm³/mol. The highest BCUT2D eigenvalue weighted by atomic mass is 79.9. The van der Waals surface area contributed by atoms with Gasteiger partial charge in [0.15, 0.2) is 5.78 Å². The van der Waals surface area contributed by atoms with E-state index in [-0.39, 0.29) is 5.78 Å². The maximum Gasteiger partial charge on any atom is 0.186 e. The summed E-state index contributed by atoms with van der Waals surface area (Å²) in [5.41, 5.74) is 0. The molecule has 2 aliphatic rings. The molecule has 2 fully saturated rings. The van der Waals surface area contributed by atoms with Gasteiger partial charge in [-0.15, -0.1) is 11.3 Å². The van der Waals surface area contributed by atoms with Crippen LogP contribution in [-0.2, 0) is 0 Å². The molecule has 1 unspecified atom stereocenters. The molecule has 110 valence electrons. The Kier molecular flexibility index (Phi) is 4.91. The summed E-state index contributed by atoms with van der Waals surface area (Å²) in [4.78, 5) is 18.1. The van der Waals surface area contributed by atoms with E-state index in [4.69, 9.17) is 0 Å². The Morgan fingerprint density at radius 2 is 2.05 bits per heavy atom. The standard InChI is InChI=1S/C15H21BrN2OS/c16-15-5-4-14(20-15)13(19)11-17-9-6-12(10-17)18-7-2-1-3-8-18/h4-5,12H,1-3,6-11H2. The number of Topliss-reactive ketones (excluding diaryl/α,β-unsaturated/α-hetero) is 1. The van der Waals surface area contributed by atoms with Crippen LogP contribution < -0.4 is 0 Å². The number of thiophene rings is 1. The molecule has 0 radical (unpaired) electrons. The van der Waals surface area contributed by atoms with Gasteiger partial charge in [0.25, 0.3) is 0 Å². The Morgan fingerprint density at radius 3 is 2.75 bits per heavy atom. The van der Waals surface area contributed by atoms with Crippen LogP contribution in [0.1, 0.15) is 35.4 Å². The smallest absolute Gasteiger partial charge is 0.186 e. The van der Waals surface area contributed by atoms with Crippen molar-refractivity contribution in [2.75, 3.05) is 32.7 Å². The summed E-state index contributed by atoms with van der Waals surface area (Å²) in [6.07, 6.45) is 5.30. The van der Waals surface area contributed by atoms with Crippen LogP contribution in [0, 0.1) is 0 Å². The summed E-state index contributed by atoms with van der Waals surface area (Å²) >= 11 is 4.96. The van der Waals surface area contributed by atoms with Crippen molar-refractivity contribution in [3.8, 4) is 0 Å². The number of ketones is 1. The van der Waals surface area contributed by atoms with Crippen molar-refractivity contribution in [1.82, 2.24) is 9.80 Å². The topological polar surface area (TPSA) is 23.6 Å². The molecule has 3 rings (SSSR count). The van der Waals surface area contributed by atoms with Gasteiger partial charge in [-0.3, -0.25) is 14.6 Å². The first-order valence-electron chi connectivity index (χ1n) is 7.47. The fraction of sp³-hybridized carbons (Fsp3) is 0.667. The van der Waals surface area contributed by atoms with E-state index in [9.17, 15) is 4.79 Å². The minimum absolute atomic E-state index is 0.264. The molecule has 1 atom stereocenters. The minimum atomic E-state index is 0.264. The number of piperidine rings is 1. The zero-order valence-electron chi connectivity index (χ0n) is 11.7. The number of carbonyl (C=O) groups excluding carboxylic acids is 1. The second kappa shape index (κ2) is 6.69. The van der Waals surface area contributed by atoms with Crippen LogP contribution in [0.25, 0.3) is 0 Å². The first-order valence-corrected chi connectivity index (χ1v) is 9.08. The number of hydrogen-bond acceptors (Lipinski definition) is 4. The van der Waals surface area contributed by atoms with Crippen LogP contribution >= 0.6 is 27.3 Å². The first kappa shape index (κ1) is 14.7. The SMILES string of the molecule is O=C(CN1CCC(N2CCCCC2)C1)c1ccc(Br)s1. The molecule has 5 heteroatoms. The zero-order chi connectivity index (χ0) is 13.9. The van der Waals surface area contributed by atoms with Crippen molar-refractivity contribution >= 4 is 33.0 Å². The molecule has 0 bridgehead atoms. The Balaban J connectivity index is 1.51. The van der Waals surface area contributed by atoms with Gasteiger partial charge >= 0.3 is 0 Å². The van der Waals surface area contributed by atoms with E-state index >= 15 is 0 Å². The fourth-order valence-corrected chi connectivity index (χ4v) is 4.60. The van der Waals surface area contributed by atoms with Gasteiger partial charge in [-0.05, 0) is 60.4 Å². The monoisotopic (exact) mass is 356 g/mol. The van der Waals surface area contributed by atoms with Gasteiger partial charge in [-0.25, -0.2) is 0 Å². The third-order valence-electron chi connectivity index (χ3n) is 4.37. The molecule has 0 N–H and O–H groups in total. The summed E-state index contributed by atoms with van der Waals surface area (Å²) < 4.78 is 1.04. The fourth-order valence-electron chi connectivity index (χ4n) is 3.28. The van der Waals surface area contributed by atoms with Gasteiger partial charge in [0, 0.05) is 19.1 Å². The van der Waals surface area contributed by atoms with Crippen LogP contribution in [0.4, 0.5) is 0 Å². The summed E-state index contributed by atoms with van der Waals surface area (Å²) in [6.45, 7) is 5.23. The first-order chi connectivity index (χ1) is 9.72. The van der Waals surface area contributed by atoms with E-state index < -0.39 is 0 Å². The molecule has 2 saturated heterocycles. The molecule has 20 heavy (non-hydrogen) atoms. The zero-order valence-corrected chi connectivity index (χ0v) is 14.1. The van der Waals surface area contributed by atoms with E-state index in [0.717, 1.165) is 21.8 Å². The lowest BCUT2D eigenvalue weighted by atomic mass is 10.1. The largest absolute Gasteiger partial charge is 0.299 e. The predicted octanol–water partition coefficient (Wildman–Crippen LogP) is 3.25. The van der Waals surface area contributed by atoms with Crippen LogP contribution in [-0.4, -0.2) is 54.3 Å². The van der Waals surface area contributed by atoms with E-state index in [0.29, 0.717) is 12.6 Å². The highest BCUT2D eigenvalue weighted by Gasteiger charge is 2.29. The Bertz CT molecular complexity index is 470. The molecule has 1 aromatic heterocycles. The number of rotatable bonds is 4. The number of nitrogens with zero attached hydrogens (tertiary/aromatic N) is 2. The molecule has 1 aromatic rings. The van der Waals surface area contributed by atoms with E-state index in [2.05, 4.69) is 25.7 Å². The number of hydrogen-bond donors (Lipinski definition) is 0. The number of likely N-dealkylation sites (tertiary alicyclic amines) is 2. The average molecular weight is 357 g/mol. The van der Waals surface area contributed by atoms with Gasteiger partial charge in [0.05, 0.1) is 15.2 Å². The lowest BCUT2D eigenvalue weighted by Gasteiger charge is -2.32. The van der Waals surface area contributed by atoms with Crippen LogP contribution in [0.5, 0.6) is 0 Å². The number of carbonyl (C=O) groups is 1. The molecule has 0 spiro atoms. The third kappa shape index (κ3) is 3.50. The van der Waals surface area contributed by atoms with E-state index in [1.54, 1.807) is 0 Å². The van der Waals surface area contributed by atoms with E-state index in [1.807, 2.05) is 12.1 Å². The van der Waals surface area contributed by atoms with Gasteiger partial charge in [0.1, 0.15) is 0 Å². The van der Waals surface area contributed by atoms with Crippen molar-refractivity contribution in [2.24, 2.45) is 0 Å². The molecular formula is C15H21BrN2OS. The molecule has 3 nitrogen and oxygen atoms in total. The molecule has 3 heterocycles. The van der Waals surface area contributed by atoms with Crippen molar-refractivity contribution in [2.45, 2.75) is 31.7 Å². The summed E-state index contributed by atoms with van der Waals surface area (Å²) in [5.74, 6) is 0.264. The Labute approximate surface area is 133 Å². The summed E-state index contributed by atoms with van der Waals surface area (Å²) in [5, 5.41) is 0. The van der Waals surface area contributed by atoms with Crippen molar-refractivity contribution in [1.29, 1.82) is 0 Å². The molecule has 0 saturated carbocycles. The van der Waals surface area contributed by atoms with Crippen LogP contribution in [0.15, 0.2) is 15.9 Å². The maximum absolute atomic E-state index is 12.2. The van der Waals surface area contributed by atoms with Gasteiger partial charge in [-0.2, -0.15) is 0 Å². The van der Waals surface area contributed by atoms with Crippen LogP contribution in [0.3, 0.4) is 0 Å². The molecular weight excluding hydrogens is 336 g/mol. The van der Waals surface area contributed by atoms with Crippen LogP contribution in [0.2, 0.25) is 0 Å². The minimum Gasteiger partial charge on any atom is -0.299 e. The Morgan fingerprint density at radius 1 is 1.25 bits per heavy atom. The second-order valence-electron chi connectivity index (χ2n) is 5.80. The molecule has 0 aromatic carbocycles. The lowest BCUT2D eigenvalue weighted by Crippen LogP contribution is -2.41. The van der Waals surface area contributed by atoms with Gasteiger partial charge in [0.2, 0.25) is 0 Å². The Hall–Kier alpha value is -0.230. The quantitative estimate of drug-likeness (QED) is 0.773.